The number of ether oxygens (including phenoxy) is 1. The van der Waals surface area contributed by atoms with Crippen LogP contribution in [0.4, 0.5) is 11.6 Å². The van der Waals surface area contributed by atoms with E-state index in [0.717, 1.165) is 62.3 Å². The van der Waals surface area contributed by atoms with Gasteiger partial charge in [-0.25, -0.2) is 9.97 Å². The van der Waals surface area contributed by atoms with Crippen LogP contribution < -0.4 is 10.2 Å². The molecule has 1 saturated heterocycles. The minimum Gasteiger partial charge on any atom is -0.383 e. The maximum Gasteiger partial charge on any atom is 0.163 e. The Kier molecular flexibility index (Phi) is 6.19. The van der Waals surface area contributed by atoms with Crippen LogP contribution in [0.1, 0.15) is 6.92 Å². The standard InChI is InChI=1S/C19H27N5O/c1-3-23-10-12-24(13-11-23)18-15-17(20-9-14-25-2)21-19(22-18)16-7-5-4-6-8-16/h4-8,15H,3,9-14H2,1-2H3,(H,20,21,22). The van der Waals surface area contributed by atoms with Gasteiger partial charge in [-0.3, -0.25) is 0 Å². The van der Waals surface area contributed by atoms with Gasteiger partial charge >= 0.3 is 0 Å². The summed E-state index contributed by atoms with van der Waals surface area (Å²) in [6.07, 6.45) is 0. The number of aromatic nitrogens is 2. The molecule has 1 N–H and O–H groups in total. The lowest BCUT2D eigenvalue weighted by Gasteiger charge is -2.35. The first-order chi connectivity index (χ1) is 12.3. The number of likely N-dealkylation sites (N-methyl/N-ethyl adjacent to an activating group) is 1. The van der Waals surface area contributed by atoms with E-state index in [1.807, 2.05) is 36.4 Å². The second-order valence-electron chi connectivity index (χ2n) is 6.14. The molecule has 2 heterocycles. The van der Waals surface area contributed by atoms with E-state index in [4.69, 9.17) is 9.72 Å². The van der Waals surface area contributed by atoms with Gasteiger partial charge < -0.3 is 19.9 Å². The van der Waals surface area contributed by atoms with E-state index in [0.29, 0.717) is 6.61 Å². The molecule has 1 aromatic heterocycles. The van der Waals surface area contributed by atoms with E-state index in [-0.39, 0.29) is 0 Å². The smallest absolute Gasteiger partial charge is 0.163 e. The highest BCUT2D eigenvalue weighted by atomic mass is 16.5. The molecule has 2 aromatic rings. The highest BCUT2D eigenvalue weighted by Gasteiger charge is 2.18. The highest BCUT2D eigenvalue weighted by Crippen LogP contribution is 2.23. The summed E-state index contributed by atoms with van der Waals surface area (Å²) in [6.45, 7) is 8.84. The number of anilines is 2. The van der Waals surface area contributed by atoms with Gasteiger partial charge in [0.2, 0.25) is 0 Å². The third-order valence-electron chi connectivity index (χ3n) is 4.50. The van der Waals surface area contributed by atoms with Crippen LogP contribution in [-0.4, -0.2) is 67.9 Å². The Bertz CT molecular complexity index is 656. The summed E-state index contributed by atoms with van der Waals surface area (Å²) in [7, 11) is 1.70. The molecule has 1 aromatic carbocycles. The molecule has 0 unspecified atom stereocenters. The normalized spacial score (nSPS) is 15.4. The number of hydrogen-bond acceptors (Lipinski definition) is 6. The molecule has 6 nitrogen and oxygen atoms in total. The van der Waals surface area contributed by atoms with Crippen LogP contribution in [-0.2, 0) is 4.74 Å². The second kappa shape index (κ2) is 8.78. The van der Waals surface area contributed by atoms with E-state index in [9.17, 15) is 0 Å². The number of nitrogens with zero attached hydrogens (tertiary/aromatic N) is 4. The number of hydrogen-bond donors (Lipinski definition) is 1. The van der Waals surface area contributed by atoms with Crippen LogP contribution >= 0.6 is 0 Å². The molecular formula is C19H27N5O. The van der Waals surface area contributed by atoms with Crippen LogP contribution in [0.25, 0.3) is 11.4 Å². The van der Waals surface area contributed by atoms with Gasteiger partial charge in [0.05, 0.1) is 6.61 Å². The molecule has 6 heteroatoms. The van der Waals surface area contributed by atoms with E-state index >= 15 is 0 Å². The van der Waals surface area contributed by atoms with E-state index in [1.165, 1.54) is 0 Å². The quantitative estimate of drug-likeness (QED) is 0.780. The van der Waals surface area contributed by atoms with Crippen molar-refractivity contribution in [2.45, 2.75) is 6.92 Å². The third-order valence-corrected chi connectivity index (χ3v) is 4.50. The Morgan fingerprint density at radius 2 is 1.84 bits per heavy atom. The monoisotopic (exact) mass is 341 g/mol. The van der Waals surface area contributed by atoms with Crippen molar-refractivity contribution < 1.29 is 4.74 Å². The average Bonchev–Trinajstić information content (AvgIpc) is 2.69. The van der Waals surface area contributed by atoms with E-state index in [2.05, 4.69) is 27.0 Å². The van der Waals surface area contributed by atoms with E-state index in [1.54, 1.807) is 7.11 Å². The van der Waals surface area contributed by atoms with Gasteiger partial charge in [-0.1, -0.05) is 37.3 Å². The van der Waals surface area contributed by atoms with Crippen LogP contribution in [0, 0.1) is 0 Å². The first-order valence-electron chi connectivity index (χ1n) is 8.94. The first-order valence-corrected chi connectivity index (χ1v) is 8.94. The van der Waals surface area contributed by atoms with Gasteiger partial charge in [0, 0.05) is 51.5 Å². The summed E-state index contributed by atoms with van der Waals surface area (Å²) >= 11 is 0. The number of nitrogens with one attached hydrogen (secondary N) is 1. The van der Waals surface area contributed by atoms with Crippen molar-refractivity contribution in [2.75, 3.05) is 63.2 Å². The maximum atomic E-state index is 5.13. The van der Waals surface area contributed by atoms with Crippen LogP contribution in [0.5, 0.6) is 0 Å². The Hall–Kier alpha value is -2.18. The Labute approximate surface area is 149 Å². The minimum atomic E-state index is 0.648. The topological polar surface area (TPSA) is 53.5 Å². The first kappa shape index (κ1) is 17.6. The van der Waals surface area contributed by atoms with E-state index < -0.39 is 0 Å². The van der Waals surface area contributed by atoms with Gasteiger partial charge in [-0.15, -0.1) is 0 Å². The Morgan fingerprint density at radius 3 is 2.52 bits per heavy atom. The molecule has 1 fully saturated rings. The molecule has 0 atom stereocenters. The Balaban J connectivity index is 1.84. The molecule has 1 aliphatic heterocycles. The zero-order chi connectivity index (χ0) is 17.5. The van der Waals surface area contributed by atoms with Crippen molar-refractivity contribution in [3.63, 3.8) is 0 Å². The lowest BCUT2D eigenvalue weighted by molar-refractivity contribution is 0.210. The van der Waals surface area contributed by atoms with Gasteiger partial charge in [0.15, 0.2) is 5.82 Å². The predicted octanol–water partition coefficient (Wildman–Crippen LogP) is 2.34. The number of methoxy groups -OCH3 is 1. The van der Waals surface area contributed by atoms with Crippen molar-refractivity contribution in [1.82, 2.24) is 14.9 Å². The minimum absolute atomic E-state index is 0.648. The van der Waals surface area contributed by atoms with Crippen molar-refractivity contribution in [1.29, 1.82) is 0 Å². The molecule has 0 spiro atoms. The summed E-state index contributed by atoms with van der Waals surface area (Å²) in [5.41, 5.74) is 1.03. The van der Waals surface area contributed by atoms with Gasteiger partial charge in [-0.2, -0.15) is 0 Å². The molecular weight excluding hydrogens is 314 g/mol. The zero-order valence-corrected chi connectivity index (χ0v) is 15.1. The largest absolute Gasteiger partial charge is 0.383 e. The number of rotatable bonds is 7. The fraction of sp³-hybridized carbons (Fsp3) is 0.474. The lowest BCUT2D eigenvalue weighted by Crippen LogP contribution is -2.46. The number of piperazine rings is 1. The third kappa shape index (κ3) is 4.67. The van der Waals surface area contributed by atoms with Crippen LogP contribution in [0.15, 0.2) is 36.4 Å². The molecule has 3 rings (SSSR count). The zero-order valence-electron chi connectivity index (χ0n) is 15.1. The molecule has 0 saturated carbocycles. The van der Waals surface area contributed by atoms with Gasteiger partial charge in [-0.05, 0) is 6.54 Å². The summed E-state index contributed by atoms with van der Waals surface area (Å²) in [4.78, 5) is 14.3. The summed E-state index contributed by atoms with van der Waals surface area (Å²) < 4.78 is 5.13. The highest BCUT2D eigenvalue weighted by molar-refractivity contribution is 5.61. The lowest BCUT2D eigenvalue weighted by atomic mass is 10.2. The predicted molar refractivity (Wildman–Crippen MR) is 102 cm³/mol. The summed E-state index contributed by atoms with van der Waals surface area (Å²) in [5.74, 6) is 2.60. The molecule has 25 heavy (non-hydrogen) atoms. The molecule has 0 bridgehead atoms. The second-order valence-corrected chi connectivity index (χ2v) is 6.14. The molecule has 0 radical (unpaired) electrons. The SMILES string of the molecule is CCN1CCN(c2cc(NCCOC)nc(-c3ccccc3)n2)CC1. The van der Waals surface area contributed by atoms with Crippen molar-refractivity contribution in [3.05, 3.63) is 36.4 Å². The Morgan fingerprint density at radius 1 is 1.08 bits per heavy atom. The van der Waals surface area contributed by atoms with Gasteiger partial charge in [0.1, 0.15) is 11.6 Å². The van der Waals surface area contributed by atoms with Gasteiger partial charge in [0.25, 0.3) is 0 Å². The molecule has 0 amide bonds. The maximum absolute atomic E-state index is 5.13. The van der Waals surface area contributed by atoms with Crippen LogP contribution in [0.3, 0.4) is 0 Å². The van der Waals surface area contributed by atoms with Crippen molar-refractivity contribution in [2.24, 2.45) is 0 Å². The molecule has 0 aliphatic carbocycles. The fourth-order valence-corrected chi connectivity index (χ4v) is 2.98. The fourth-order valence-electron chi connectivity index (χ4n) is 2.98. The summed E-state index contributed by atoms with van der Waals surface area (Å²) in [5, 5.41) is 3.34. The van der Waals surface area contributed by atoms with Crippen molar-refractivity contribution >= 4 is 11.6 Å². The molecule has 134 valence electrons. The number of benzene rings is 1. The average molecular weight is 341 g/mol. The summed E-state index contributed by atoms with van der Waals surface area (Å²) in [6, 6.07) is 12.2. The van der Waals surface area contributed by atoms with Crippen LogP contribution in [0.2, 0.25) is 0 Å². The molecule has 1 aliphatic rings. The van der Waals surface area contributed by atoms with Crippen molar-refractivity contribution in [3.8, 4) is 11.4 Å².